The Balaban J connectivity index is 1.79. The molecule has 1 unspecified atom stereocenters. The summed E-state index contributed by atoms with van der Waals surface area (Å²) in [4.78, 5) is 39.5. The van der Waals surface area contributed by atoms with Crippen LogP contribution in [0.1, 0.15) is 6.92 Å². The zero-order valence-corrected chi connectivity index (χ0v) is 15.2. The second-order valence-corrected chi connectivity index (χ2v) is 7.14. The molecule has 3 heterocycles. The minimum Gasteiger partial charge on any atom is -0.449 e. The second-order valence-electron chi connectivity index (χ2n) is 7.14. The van der Waals surface area contributed by atoms with Crippen molar-refractivity contribution in [2.45, 2.75) is 24.7 Å². The van der Waals surface area contributed by atoms with Crippen molar-refractivity contribution in [3.63, 3.8) is 0 Å². The number of carbonyl (C=O) groups excluding carboxylic acids is 3. The van der Waals surface area contributed by atoms with E-state index in [1.807, 2.05) is 4.90 Å². The van der Waals surface area contributed by atoms with Crippen LogP contribution in [-0.2, 0) is 19.1 Å². The predicted octanol–water partition coefficient (Wildman–Crippen LogP) is -2.06. The number of nitrogens with one attached hydrogen (secondary N) is 2. The number of fused-ring (bicyclic) bond motifs is 4. The normalized spacial score (nSPS) is 33.9. The van der Waals surface area contributed by atoms with Gasteiger partial charge < -0.3 is 36.5 Å². The highest BCUT2D eigenvalue weighted by atomic mass is 16.6. The zero-order chi connectivity index (χ0) is 19.5. The monoisotopic (exact) mass is 377 g/mol. The highest BCUT2D eigenvalue weighted by Crippen LogP contribution is 2.55. The maximum absolute atomic E-state index is 13.3. The fourth-order valence-corrected chi connectivity index (χ4v) is 4.70. The number of nitrogens with two attached hydrogens (primary N) is 2. The molecule has 0 radical (unpaired) electrons. The molecule has 10 heteroatoms. The summed E-state index contributed by atoms with van der Waals surface area (Å²) in [5.74, 6) is -1.15. The van der Waals surface area contributed by atoms with Crippen molar-refractivity contribution in [3.05, 3.63) is 22.5 Å². The van der Waals surface area contributed by atoms with Crippen molar-refractivity contribution in [1.82, 2.24) is 15.5 Å². The largest absolute Gasteiger partial charge is 0.449 e. The number of ketones is 2. The molecule has 0 bridgehead atoms. The minimum absolute atomic E-state index is 0.0593. The van der Waals surface area contributed by atoms with Crippen LogP contribution in [0.4, 0.5) is 4.79 Å². The van der Waals surface area contributed by atoms with Crippen LogP contribution in [-0.4, -0.2) is 73.7 Å². The smallest absolute Gasteiger partial charge is 0.404 e. The van der Waals surface area contributed by atoms with Gasteiger partial charge in [-0.3, -0.25) is 9.59 Å². The van der Waals surface area contributed by atoms with E-state index >= 15 is 0 Å². The molecule has 1 aliphatic carbocycles. The number of Topliss-reactive ketones (excluding diaryl/α,β-unsaturated/α-hetero) is 2. The number of rotatable bonds is 6. The molecule has 4 atom stereocenters. The molecule has 0 aromatic heterocycles. The summed E-state index contributed by atoms with van der Waals surface area (Å²) in [6, 6.07) is 0.106. The average molecular weight is 377 g/mol. The van der Waals surface area contributed by atoms with Crippen LogP contribution in [0.2, 0.25) is 0 Å². The lowest BCUT2D eigenvalue weighted by Gasteiger charge is -2.39. The molecule has 0 aromatic carbocycles. The van der Waals surface area contributed by atoms with Gasteiger partial charge in [-0.1, -0.05) is 0 Å². The molecule has 10 nitrogen and oxygen atoms in total. The molecular weight excluding hydrogens is 354 g/mol. The van der Waals surface area contributed by atoms with Gasteiger partial charge in [-0.15, -0.1) is 0 Å². The number of amides is 1. The Kier molecular flexibility index (Phi) is 4.02. The number of primary amides is 1. The maximum Gasteiger partial charge on any atom is 0.404 e. The Hall–Kier alpha value is -2.43. The molecule has 0 spiro atoms. The summed E-state index contributed by atoms with van der Waals surface area (Å²) in [7, 11) is 1.54. The van der Waals surface area contributed by atoms with Crippen LogP contribution in [0.3, 0.4) is 0 Å². The van der Waals surface area contributed by atoms with Gasteiger partial charge in [-0.25, -0.2) is 4.79 Å². The Bertz CT molecular complexity index is 806. The molecule has 0 saturated carbocycles. The number of ether oxygens (including phenoxy) is 2. The number of hydrogen-bond acceptors (Lipinski definition) is 9. The first-order valence-electron chi connectivity index (χ1n) is 8.87. The first-order chi connectivity index (χ1) is 12.9. The van der Waals surface area contributed by atoms with Crippen molar-refractivity contribution in [2.75, 3.05) is 33.4 Å². The van der Waals surface area contributed by atoms with Crippen LogP contribution in [0, 0.1) is 5.92 Å². The molecule has 1 amide bonds. The van der Waals surface area contributed by atoms with Crippen LogP contribution in [0.5, 0.6) is 0 Å². The first-order valence-corrected chi connectivity index (χ1v) is 8.87. The lowest BCUT2D eigenvalue weighted by atomic mass is 9.82. The highest BCUT2D eigenvalue weighted by Gasteiger charge is 2.72. The summed E-state index contributed by atoms with van der Waals surface area (Å²) < 4.78 is 10.9. The number of methoxy groups -OCH3 is 1. The molecule has 3 aliphatic heterocycles. The van der Waals surface area contributed by atoms with Crippen LogP contribution < -0.4 is 22.1 Å². The van der Waals surface area contributed by atoms with Crippen molar-refractivity contribution in [1.29, 1.82) is 0 Å². The fourth-order valence-electron chi connectivity index (χ4n) is 4.70. The number of carbonyl (C=O) groups is 3. The zero-order valence-electron chi connectivity index (χ0n) is 15.2. The summed E-state index contributed by atoms with van der Waals surface area (Å²) in [6.07, 6.45) is -0.942. The lowest BCUT2D eigenvalue weighted by molar-refractivity contribution is -0.137. The van der Waals surface area contributed by atoms with E-state index in [1.165, 1.54) is 7.11 Å². The fraction of sp³-hybridized carbons (Fsp3) is 0.588. The molecule has 4 aliphatic rings. The molecular formula is C17H23N5O5. The lowest BCUT2D eigenvalue weighted by Crippen LogP contribution is -2.55. The van der Waals surface area contributed by atoms with Gasteiger partial charge in [0.15, 0.2) is 5.72 Å². The van der Waals surface area contributed by atoms with Gasteiger partial charge >= 0.3 is 6.09 Å². The van der Waals surface area contributed by atoms with E-state index in [1.54, 1.807) is 6.92 Å². The van der Waals surface area contributed by atoms with E-state index in [4.69, 9.17) is 20.9 Å². The summed E-state index contributed by atoms with van der Waals surface area (Å²) in [6.45, 7) is 2.70. The summed E-state index contributed by atoms with van der Waals surface area (Å²) >= 11 is 0. The Morgan fingerprint density at radius 1 is 1.41 bits per heavy atom. The quantitative estimate of drug-likeness (QED) is 0.301. The number of hydrogen-bond donors (Lipinski definition) is 4. The van der Waals surface area contributed by atoms with Crippen LogP contribution in [0.15, 0.2) is 22.5 Å². The molecule has 146 valence electrons. The molecule has 2 saturated heterocycles. The van der Waals surface area contributed by atoms with E-state index < -0.39 is 17.7 Å². The van der Waals surface area contributed by atoms with Gasteiger partial charge in [0.2, 0.25) is 11.6 Å². The van der Waals surface area contributed by atoms with E-state index in [2.05, 4.69) is 10.6 Å². The minimum atomic E-state index is -0.959. The second kappa shape index (κ2) is 6.04. The summed E-state index contributed by atoms with van der Waals surface area (Å²) in [5.41, 5.74) is 10.9. The van der Waals surface area contributed by atoms with Crippen molar-refractivity contribution in [2.24, 2.45) is 17.4 Å². The van der Waals surface area contributed by atoms with E-state index in [-0.39, 0.29) is 36.0 Å². The predicted molar refractivity (Wildman–Crippen MR) is 93.0 cm³/mol. The number of piperazine rings is 1. The van der Waals surface area contributed by atoms with Crippen molar-refractivity contribution in [3.8, 4) is 0 Å². The molecule has 4 rings (SSSR count). The van der Waals surface area contributed by atoms with Gasteiger partial charge in [0.05, 0.1) is 23.4 Å². The third kappa shape index (κ3) is 2.27. The third-order valence-electron chi connectivity index (χ3n) is 5.87. The van der Waals surface area contributed by atoms with Crippen LogP contribution >= 0.6 is 0 Å². The topological polar surface area (TPSA) is 159 Å². The Labute approximate surface area is 155 Å². The van der Waals surface area contributed by atoms with Gasteiger partial charge in [0.1, 0.15) is 6.61 Å². The standard InChI is InChI=1S/C17H23N5O5/c1-7-11(20-4-3-18)14(24)10-8(6-27-16(19)25)17(26-2)15-9(21-15)5-22(17)12(10)13(7)23/h8-9,15,20-21H,3-6,18H2,1-2H3,(H2,19,25)/t8-,9+,15+,17?/m0/s1. The molecule has 6 N–H and O–H groups in total. The van der Waals surface area contributed by atoms with Gasteiger partial charge in [0, 0.05) is 43.9 Å². The van der Waals surface area contributed by atoms with Gasteiger partial charge in [0.25, 0.3) is 0 Å². The maximum atomic E-state index is 13.3. The first kappa shape index (κ1) is 18.0. The number of allylic oxidation sites excluding steroid dienone is 2. The van der Waals surface area contributed by atoms with Crippen molar-refractivity contribution < 1.29 is 23.9 Å². The van der Waals surface area contributed by atoms with Gasteiger partial charge in [-0.05, 0) is 6.92 Å². The summed E-state index contributed by atoms with van der Waals surface area (Å²) in [5, 5.41) is 6.27. The molecule has 27 heavy (non-hydrogen) atoms. The molecule has 0 aromatic rings. The van der Waals surface area contributed by atoms with E-state index in [0.29, 0.717) is 36.5 Å². The van der Waals surface area contributed by atoms with E-state index in [0.717, 1.165) is 0 Å². The molecule has 2 fully saturated rings. The van der Waals surface area contributed by atoms with E-state index in [9.17, 15) is 14.4 Å². The Morgan fingerprint density at radius 3 is 2.78 bits per heavy atom. The van der Waals surface area contributed by atoms with Gasteiger partial charge in [-0.2, -0.15) is 0 Å². The Morgan fingerprint density at radius 2 is 2.15 bits per heavy atom. The third-order valence-corrected chi connectivity index (χ3v) is 5.87. The van der Waals surface area contributed by atoms with Crippen LogP contribution in [0.25, 0.3) is 0 Å². The SMILES string of the molecule is COC12[C@@H]3N[C@@H]3CN1C1=C(C(=O)C(NCCN)=C(C)C1=O)[C@@H]2COC(N)=O. The highest BCUT2D eigenvalue weighted by molar-refractivity contribution is 6.25. The number of nitrogens with zero attached hydrogens (tertiary/aromatic N) is 1. The average Bonchev–Trinajstić information content (AvgIpc) is 3.24. The van der Waals surface area contributed by atoms with Crippen molar-refractivity contribution >= 4 is 17.7 Å².